The maximum atomic E-state index is 13.7. The predicted octanol–water partition coefficient (Wildman–Crippen LogP) is 3.43. The van der Waals surface area contributed by atoms with Crippen LogP contribution in [0.4, 0.5) is 8.78 Å². The van der Waals surface area contributed by atoms with Gasteiger partial charge < -0.3 is 5.73 Å². The third-order valence-electron chi connectivity index (χ3n) is 2.92. The van der Waals surface area contributed by atoms with E-state index in [1.54, 1.807) is 13.0 Å². The van der Waals surface area contributed by atoms with Gasteiger partial charge in [0.2, 0.25) is 0 Å². The van der Waals surface area contributed by atoms with Gasteiger partial charge in [0.25, 0.3) is 0 Å². The third kappa shape index (κ3) is 3.08. The average molecular weight is 283 g/mol. The highest BCUT2D eigenvalue weighted by molar-refractivity contribution is 6.31. The molecule has 0 radical (unpaired) electrons. The summed E-state index contributed by atoms with van der Waals surface area (Å²) < 4.78 is 26.6. The van der Waals surface area contributed by atoms with Gasteiger partial charge in [-0.05, 0) is 31.2 Å². The van der Waals surface area contributed by atoms with Crippen molar-refractivity contribution in [1.82, 2.24) is 4.98 Å². The van der Waals surface area contributed by atoms with Crippen molar-refractivity contribution in [3.05, 3.63) is 64.4 Å². The van der Waals surface area contributed by atoms with Crippen LogP contribution in [0.2, 0.25) is 5.02 Å². The number of nitrogens with two attached hydrogens (primary N) is 1. The van der Waals surface area contributed by atoms with E-state index in [1.165, 1.54) is 24.3 Å². The fourth-order valence-corrected chi connectivity index (χ4v) is 2.10. The number of pyridine rings is 1. The molecule has 0 saturated heterocycles. The van der Waals surface area contributed by atoms with Crippen LogP contribution in [0.5, 0.6) is 0 Å². The fraction of sp³-hybridized carbons (Fsp3) is 0.214. The fourth-order valence-electron chi connectivity index (χ4n) is 1.87. The molecule has 2 N–H and O–H groups in total. The van der Waals surface area contributed by atoms with E-state index >= 15 is 0 Å². The lowest BCUT2D eigenvalue weighted by Gasteiger charge is -2.24. The maximum Gasteiger partial charge on any atom is 0.141 e. The standard InChI is InChI=1S/C14H13ClF2N2/c1-14(18,13-6-5-9(16)8-19-13)7-10-11(15)3-2-4-12(10)17/h2-6,8H,7,18H2,1H3. The van der Waals surface area contributed by atoms with E-state index in [2.05, 4.69) is 4.98 Å². The monoisotopic (exact) mass is 282 g/mol. The first-order valence-electron chi connectivity index (χ1n) is 5.74. The lowest BCUT2D eigenvalue weighted by Crippen LogP contribution is -2.36. The molecule has 1 aromatic heterocycles. The van der Waals surface area contributed by atoms with Gasteiger partial charge in [-0.2, -0.15) is 0 Å². The van der Waals surface area contributed by atoms with E-state index in [4.69, 9.17) is 17.3 Å². The van der Waals surface area contributed by atoms with Crippen LogP contribution in [-0.4, -0.2) is 4.98 Å². The summed E-state index contributed by atoms with van der Waals surface area (Å²) in [6, 6.07) is 7.23. The molecule has 1 unspecified atom stereocenters. The van der Waals surface area contributed by atoms with E-state index in [9.17, 15) is 8.78 Å². The summed E-state index contributed by atoms with van der Waals surface area (Å²) in [6.45, 7) is 1.70. The molecule has 0 aliphatic carbocycles. The first-order chi connectivity index (χ1) is 8.90. The Labute approximate surface area is 115 Å². The molecule has 1 heterocycles. The maximum absolute atomic E-state index is 13.7. The molecule has 0 amide bonds. The number of aromatic nitrogens is 1. The van der Waals surface area contributed by atoms with Crippen molar-refractivity contribution in [2.45, 2.75) is 18.9 Å². The Hall–Kier alpha value is -1.52. The Balaban J connectivity index is 2.33. The second kappa shape index (κ2) is 5.23. The minimum absolute atomic E-state index is 0.178. The van der Waals surface area contributed by atoms with Crippen molar-refractivity contribution in [3.63, 3.8) is 0 Å². The summed E-state index contributed by atoms with van der Waals surface area (Å²) in [4.78, 5) is 3.94. The average Bonchev–Trinajstić information content (AvgIpc) is 2.35. The quantitative estimate of drug-likeness (QED) is 0.937. The number of rotatable bonds is 3. The number of hydrogen-bond donors (Lipinski definition) is 1. The van der Waals surface area contributed by atoms with Gasteiger partial charge in [-0.3, -0.25) is 4.98 Å². The van der Waals surface area contributed by atoms with Crippen molar-refractivity contribution in [2.75, 3.05) is 0 Å². The largest absolute Gasteiger partial charge is 0.320 e. The molecule has 2 aromatic rings. The highest BCUT2D eigenvalue weighted by Gasteiger charge is 2.26. The van der Waals surface area contributed by atoms with Crippen LogP contribution < -0.4 is 5.73 Å². The predicted molar refractivity (Wildman–Crippen MR) is 70.8 cm³/mol. The lowest BCUT2D eigenvalue weighted by atomic mass is 9.90. The van der Waals surface area contributed by atoms with E-state index < -0.39 is 17.2 Å². The van der Waals surface area contributed by atoms with Crippen LogP contribution in [0.25, 0.3) is 0 Å². The molecule has 0 saturated carbocycles. The molecule has 2 rings (SSSR count). The van der Waals surface area contributed by atoms with Crippen LogP contribution >= 0.6 is 11.6 Å². The van der Waals surface area contributed by atoms with Crippen LogP contribution in [0.15, 0.2) is 36.5 Å². The summed E-state index contributed by atoms with van der Waals surface area (Å²) >= 11 is 5.97. The van der Waals surface area contributed by atoms with Gasteiger partial charge in [0.15, 0.2) is 0 Å². The second-order valence-corrected chi connectivity index (χ2v) is 5.06. The molecule has 0 bridgehead atoms. The second-order valence-electron chi connectivity index (χ2n) is 4.66. The normalized spacial score (nSPS) is 14.2. The Morgan fingerprint density at radius 3 is 2.58 bits per heavy atom. The van der Waals surface area contributed by atoms with Crippen LogP contribution in [-0.2, 0) is 12.0 Å². The number of nitrogens with zero attached hydrogens (tertiary/aromatic N) is 1. The molecule has 0 aliphatic heterocycles. The molecule has 0 aliphatic rings. The zero-order valence-corrected chi connectivity index (χ0v) is 11.1. The first kappa shape index (κ1) is 13.9. The minimum Gasteiger partial charge on any atom is -0.320 e. The topological polar surface area (TPSA) is 38.9 Å². The van der Waals surface area contributed by atoms with Gasteiger partial charge in [0.05, 0.1) is 17.4 Å². The molecular formula is C14H13ClF2N2. The van der Waals surface area contributed by atoms with Crippen molar-refractivity contribution in [1.29, 1.82) is 0 Å². The van der Waals surface area contributed by atoms with Crippen molar-refractivity contribution < 1.29 is 8.78 Å². The molecule has 1 aromatic carbocycles. The van der Waals surface area contributed by atoms with E-state index in [1.807, 2.05) is 0 Å². The third-order valence-corrected chi connectivity index (χ3v) is 3.27. The Kier molecular flexibility index (Phi) is 3.83. The number of halogens is 3. The summed E-state index contributed by atoms with van der Waals surface area (Å²) in [7, 11) is 0. The molecule has 5 heteroatoms. The Morgan fingerprint density at radius 1 is 1.26 bits per heavy atom. The molecule has 1 atom stereocenters. The summed E-state index contributed by atoms with van der Waals surface area (Å²) in [5.74, 6) is -0.852. The van der Waals surface area contributed by atoms with E-state index in [0.717, 1.165) is 6.20 Å². The molecule has 0 spiro atoms. The first-order valence-corrected chi connectivity index (χ1v) is 6.12. The number of hydrogen-bond acceptors (Lipinski definition) is 2. The van der Waals surface area contributed by atoms with Crippen molar-refractivity contribution in [3.8, 4) is 0 Å². The van der Waals surface area contributed by atoms with Crippen LogP contribution in [0.1, 0.15) is 18.2 Å². The van der Waals surface area contributed by atoms with Gasteiger partial charge in [0, 0.05) is 17.0 Å². The summed E-state index contributed by atoms with van der Waals surface area (Å²) in [5.41, 5.74) is 6.03. The smallest absolute Gasteiger partial charge is 0.141 e. The van der Waals surface area contributed by atoms with Crippen molar-refractivity contribution in [2.24, 2.45) is 5.73 Å². The number of benzene rings is 1. The van der Waals surface area contributed by atoms with E-state index in [-0.39, 0.29) is 6.42 Å². The van der Waals surface area contributed by atoms with Crippen LogP contribution in [0.3, 0.4) is 0 Å². The van der Waals surface area contributed by atoms with Gasteiger partial charge in [-0.1, -0.05) is 17.7 Å². The van der Waals surface area contributed by atoms with Crippen LogP contribution in [0, 0.1) is 11.6 Å². The Morgan fingerprint density at radius 2 is 2.00 bits per heavy atom. The zero-order valence-electron chi connectivity index (χ0n) is 10.3. The molecule has 2 nitrogen and oxygen atoms in total. The van der Waals surface area contributed by atoms with Gasteiger partial charge in [-0.15, -0.1) is 0 Å². The summed E-state index contributed by atoms with van der Waals surface area (Å²) in [6.07, 6.45) is 1.26. The highest BCUT2D eigenvalue weighted by Crippen LogP contribution is 2.27. The SMILES string of the molecule is CC(N)(Cc1c(F)cccc1Cl)c1ccc(F)cn1. The molecule has 19 heavy (non-hydrogen) atoms. The molecule has 0 fully saturated rings. The van der Waals surface area contributed by atoms with E-state index in [0.29, 0.717) is 16.3 Å². The van der Waals surface area contributed by atoms with Gasteiger partial charge in [-0.25, -0.2) is 8.78 Å². The highest BCUT2D eigenvalue weighted by atomic mass is 35.5. The zero-order chi connectivity index (χ0) is 14.0. The van der Waals surface area contributed by atoms with Gasteiger partial charge in [0.1, 0.15) is 11.6 Å². The minimum atomic E-state index is -0.931. The molecular weight excluding hydrogens is 270 g/mol. The molecule has 100 valence electrons. The van der Waals surface area contributed by atoms with Crippen molar-refractivity contribution >= 4 is 11.6 Å². The van der Waals surface area contributed by atoms with Gasteiger partial charge >= 0.3 is 0 Å². The summed E-state index contributed by atoms with van der Waals surface area (Å²) in [5, 5.41) is 0.318. The Bertz CT molecular complexity index is 562. The lowest BCUT2D eigenvalue weighted by molar-refractivity contribution is 0.459.